The smallest absolute Gasteiger partial charge is 0.263 e. The van der Waals surface area contributed by atoms with Crippen LogP contribution < -0.4 is 0 Å². The minimum Gasteiger partial charge on any atom is -0.479 e. The van der Waals surface area contributed by atoms with Crippen LogP contribution in [-0.2, 0) is 19.0 Å². The fourth-order valence-electron chi connectivity index (χ4n) is 2.92. The highest BCUT2D eigenvalue weighted by Gasteiger charge is 2.38. The molecule has 0 saturated carbocycles. The molecule has 1 amide bonds. The number of amides is 1. The van der Waals surface area contributed by atoms with Crippen molar-refractivity contribution < 1.29 is 19.0 Å². The molecule has 1 aliphatic carbocycles. The summed E-state index contributed by atoms with van der Waals surface area (Å²) < 4.78 is 17.0. The first-order valence-corrected chi connectivity index (χ1v) is 9.90. The Hall–Kier alpha value is -1.69. The SMILES string of the molecule is C=C(Cl)/C=C\C(OC(CC)C(=O)N(C)CC1=CCC2(C)OCOC2=C1)=C(/C)Cl. The molecule has 0 N–H and O–H groups in total. The molecule has 5 nitrogen and oxygen atoms in total. The molecule has 0 aromatic rings. The van der Waals surface area contributed by atoms with Crippen molar-refractivity contribution >= 4 is 29.1 Å². The summed E-state index contributed by atoms with van der Waals surface area (Å²) in [6, 6.07) is 0. The topological polar surface area (TPSA) is 48.0 Å². The minimum atomic E-state index is -0.657. The number of nitrogens with zero attached hydrogens (tertiary/aromatic N) is 1. The maximum absolute atomic E-state index is 12.9. The van der Waals surface area contributed by atoms with Crippen molar-refractivity contribution in [1.29, 1.82) is 0 Å². The summed E-state index contributed by atoms with van der Waals surface area (Å²) in [6.45, 7) is 9.89. The summed E-state index contributed by atoms with van der Waals surface area (Å²) in [6.07, 6.45) is 7.77. The van der Waals surface area contributed by atoms with Gasteiger partial charge in [-0.25, -0.2) is 0 Å². The zero-order valence-electron chi connectivity index (χ0n) is 16.8. The van der Waals surface area contributed by atoms with Crippen LogP contribution >= 0.6 is 23.2 Å². The van der Waals surface area contributed by atoms with Crippen LogP contribution in [0.5, 0.6) is 0 Å². The first-order valence-electron chi connectivity index (χ1n) is 9.14. The zero-order valence-corrected chi connectivity index (χ0v) is 18.3. The van der Waals surface area contributed by atoms with Gasteiger partial charge in [0.1, 0.15) is 17.1 Å². The Bertz CT molecular complexity index is 750. The fourth-order valence-corrected chi connectivity index (χ4v) is 3.10. The highest BCUT2D eigenvalue weighted by Crippen LogP contribution is 2.36. The van der Waals surface area contributed by atoms with Crippen LogP contribution in [0.3, 0.4) is 0 Å². The second kappa shape index (κ2) is 9.68. The summed E-state index contributed by atoms with van der Waals surface area (Å²) in [5.41, 5.74) is 0.614. The van der Waals surface area contributed by atoms with Crippen LogP contribution in [0.1, 0.15) is 33.6 Å². The Morgan fingerprint density at radius 1 is 1.46 bits per heavy atom. The van der Waals surface area contributed by atoms with Crippen LogP contribution in [0, 0.1) is 0 Å². The van der Waals surface area contributed by atoms with E-state index in [0.717, 1.165) is 17.8 Å². The maximum atomic E-state index is 12.9. The summed E-state index contributed by atoms with van der Waals surface area (Å²) in [5, 5.41) is 0.776. The summed E-state index contributed by atoms with van der Waals surface area (Å²) in [4.78, 5) is 14.5. The molecule has 1 fully saturated rings. The molecule has 7 heteroatoms. The van der Waals surface area contributed by atoms with Gasteiger partial charge in [0.05, 0.1) is 5.03 Å². The van der Waals surface area contributed by atoms with Gasteiger partial charge in [0, 0.05) is 25.0 Å². The Labute approximate surface area is 176 Å². The lowest BCUT2D eigenvalue weighted by Gasteiger charge is -2.28. The number of likely N-dealkylation sites (N-methyl/N-ethyl adjacent to an activating group) is 1. The van der Waals surface area contributed by atoms with Gasteiger partial charge in [0.15, 0.2) is 12.9 Å². The van der Waals surface area contributed by atoms with E-state index in [4.69, 9.17) is 37.4 Å². The maximum Gasteiger partial charge on any atom is 0.263 e. The van der Waals surface area contributed by atoms with Crippen molar-refractivity contribution in [3.05, 3.63) is 58.0 Å². The summed E-state index contributed by atoms with van der Waals surface area (Å²) >= 11 is 11.9. The van der Waals surface area contributed by atoms with E-state index in [1.165, 1.54) is 0 Å². The largest absolute Gasteiger partial charge is 0.479 e. The molecule has 2 rings (SSSR count). The lowest BCUT2D eigenvalue weighted by molar-refractivity contribution is -0.139. The summed E-state index contributed by atoms with van der Waals surface area (Å²) in [7, 11) is 1.75. The van der Waals surface area contributed by atoms with Crippen LogP contribution in [-0.4, -0.2) is 42.9 Å². The summed E-state index contributed by atoms with van der Waals surface area (Å²) in [5.74, 6) is 1.07. The second-order valence-corrected chi connectivity index (χ2v) is 8.07. The Morgan fingerprint density at radius 2 is 2.18 bits per heavy atom. The van der Waals surface area contributed by atoms with Crippen molar-refractivity contribution in [2.75, 3.05) is 20.4 Å². The van der Waals surface area contributed by atoms with E-state index in [1.807, 2.05) is 19.9 Å². The third-order valence-corrected chi connectivity index (χ3v) is 4.96. The van der Waals surface area contributed by atoms with Crippen LogP contribution in [0.4, 0.5) is 0 Å². The molecule has 1 heterocycles. The standard InChI is InChI=1S/C21H27Cl2NO4/c1-6-17(28-18(15(3)23)8-7-14(2)22)20(25)24(5)12-16-9-10-21(4)19(11-16)26-13-27-21/h7-9,11,17H,2,6,10,12-13H2,1,3-5H3/b8-7-,18-15-. The van der Waals surface area contributed by atoms with Gasteiger partial charge < -0.3 is 19.1 Å². The Kier molecular flexibility index (Phi) is 7.81. The van der Waals surface area contributed by atoms with Gasteiger partial charge in [-0.05, 0) is 44.1 Å². The zero-order chi connectivity index (χ0) is 20.9. The number of fused-ring (bicyclic) bond motifs is 1. The lowest BCUT2D eigenvalue weighted by Crippen LogP contribution is -2.39. The molecule has 2 atom stereocenters. The number of hydrogen-bond donors (Lipinski definition) is 0. The van der Waals surface area contributed by atoms with E-state index in [-0.39, 0.29) is 12.7 Å². The van der Waals surface area contributed by atoms with Crippen LogP contribution in [0.2, 0.25) is 0 Å². The van der Waals surface area contributed by atoms with Gasteiger partial charge in [-0.15, -0.1) is 0 Å². The number of ether oxygens (including phenoxy) is 3. The van der Waals surface area contributed by atoms with E-state index in [2.05, 4.69) is 12.7 Å². The first-order chi connectivity index (χ1) is 13.2. The third-order valence-electron chi connectivity index (χ3n) is 4.65. The highest BCUT2D eigenvalue weighted by atomic mass is 35.5. The average molecular weight is 428 g/mol. The normalized spacial score (nSPS) is 23.2. The molecule has 0 radical (unpaired) electrons. The van der Waals surface area contributed by atoms with E-state index < -0.39 is 11.7 Å². The molecule has 0 spiro atoms. The minimum absolute atomic E-state index is 0.132. The van der Waals surface area contributed by atoms with Crippen molar-refractivity contribution in [1.82, 2.24) is 4.90 Å². The quantitative estimate of drug-likeness (QED) is 0.404. The lowest BCUT2D eigenvalue weighted by atomic mass is 9.92. The molecule has 154 valence electrons. The Morgan fingerprint density at radius 3 is 2.79 bits per heavy atom. The monoisotopic (exact) mass is 427 g/mol. The van der Waals surface area contributed by atoms with Crippen LogP contribution in [0.15, 0.2) is 58.0 Å². The molecule has 2 unspecified atom stereocenters. The number of carbonyl (C=O) groups excluding carboxylic acids is 1. The second-order valence-electron chi connectivity index (χ2n) is 7.02. The van der Waals surface area contributed by atoms with E-state index in [0.29, 0.717) is 28.8 Å². The van der Waals surface area contributed by atoms with Crippen molar-refractivity contribution in [3.8, 4) is 0 Å². The van der Waals surface area contributed by atoms with Crippen molar-refractivity contribution in [2.45, 2.75) is 45.3 Å². The Balaban J connectivity index is 2.04. The molecule has 1 aliphatic heterocycles. The molecular formula is C21H27Cl2NO4. The molecule has 0 aromatic heterocycles. The van der Waals surface area contributed by atoms with Gasteiger partial charge in [0.25, 0.3) is 5.91 Å². The fraction of sp³-hybridized carbons (Fsp3) is 0.476. The molecule has 1 saturated heterocycles. The number of hydrogen-bond acceptors (Lipinski definition) is 4. The predicted molar refractivity (Wildman–Crippen MR) is 112 cm³/mol. The number of halogens is 2. The van der Waals surface area contributed by atoms with E-state index >= 15 is 0 Å². The van der Waals surface area contributed by atoms with Gasteiger partial charge in [0.2, 0.25) is 0 Å². The van der Waals surface area contributed by atoms with Gasteiger partial charge in [-0.3, -0.25) is 4.79 Å². The number of carbonyl (C=O) groups is 1. The molecule has 0 aromatic carbocycles. The highest BCUT2D eigenvalue weighted by molar-refractivity contribution is 6.31. The predicted octanol–water partition coefficient (Wildman–Crippen LogP) is 5.00. The van der Waals surface area contributed by atoms with Crippen molar-refractivity contribution in [2.24, 2.45) is 0 Å². The van der Waals surface area contributed by atoms with Crippen LogP contribution in [0.25, 0.3) is 0 Å². The molecular weight excluding hydrogens is 401 g/mol. The number of allylic oxidation sites excluding steroid dienone is 4. The first kappa shape index (κ1) is 22.6. The number of rotatable bonds is 8. The van der Waals surface area contributed by atoms with E-state index in [1.54, 1.807) is 31.0 Å². The van der Waals surface area contributed by atoms with Gasteiger partial charge in [-0.2, -0.15) is 0 Å². The van der Waals surface area contributed by atoms with E-state index in [9.17, 15) is 4.79 Å². The third kappa shape index (κ3) is 5.66. The average Bonchev–Trinajstić information content (AvgIpc) is 3.01. The van der Waals surface area contributed by atoms with Gasteiger partial charge in [-0.1, -0.05) is 42.8 Å². The van der Waals surface area contributed by atoms with Gasteiger partial charge >= 0.3 is 0 Å². The molecule has 28 heavy (non-hydrogen) atoms. The van der Waals surface area contributed by atoms with Crippen molar-refractivity contribution in [3.63, 3.8) is 0 Å². The molecule has 0 bridgehead atoms. The molecule has 2 aliphatic rings.